The largest absolute Gasteiger partial charge is 0.325 e. The molecule has 0 radical (unpaired) electrons. The minimum absolute atomic E-state index is 0.403. The van der Waals surface area contributed by atoms with E-state index in [0.717, 1.165) is 15.3 Å². The van der Waals surface area contributed by atoms with Crippen molar-refractivity contribution in [3.8, 4) is 0 Å². The van der Waals surface area contributed by atoms with Gasteiger partial charge in [-0.25, -0.2) is 4.68 Å². The summed E-state index contributed by atoms with van der Waals surface area (Å²) in [6.07, 6.45) is 3.69. The molecule has 2 atom stereocenters. The zero-order chi connectivity index (χ0) is 12.6. The van der Waals surface area contributed by atoms with Crippen LogP contribution in [0.25, 0.3) is 0 Å². The molecular formula is C12H21IN4. The van der Waals surface area contributed by atoms with E-state index in [1.165, 1.54) is 19.3 Å². The molecule has 1 heterocycles. The normalized spacial score (nSPS) is 28.3. The molecule has 1 aromatic heterocycles. The predicted octanol–water partition coefficient (Wildman–Crippen LogP) is 2.73. The van der Waals surface area contributed by atoms with E-state index in [2.05, 4.69) is 58.4 Å². The Labute approximate surface area is 116 Å². The molecule has 1 aliphatic carbocycles. The van der Waals surface area contributed by atoms with E-state index in [9.17, 15) is 0 Å². The molecule has 2 N–H and O–H groups in total. The summed E-state index contributed by atoms with van der Waals surface area (Å²) in [6, 6.07) is 0.480. The van der Waals surface area contributed by atoms with Gasteiger partial charge in [-0.2, -0.15) is 0 Å². The second-order valence-electron chi connectivity index (χ2n) is 6.04. The van der Waals surface area contributed by atoms with Crippen LogP contribution in [0.4, 0.5) is 0 Å². The SMILES string of the molecule is CC1CC(n2nnc(CN)c2I)CC(C)(C)C1. The molecule has 1 fully saturated rings. The van der Waals surface area contributed by atoms with E-state index in [0.29, 0.717) is 18.0 Å². The summed E-state index contributed by atoms with van der Waals surface area (Å²) in [6.45, 7) is 7.51. The Morgan fingerprint density at radius 2 is 2.18 bits per heavy atom. The third-order valence-electron chi connectivity index (χ3n) is 3.60. The van der Waals surface area contributed by atoms with Crippen LogP contribution in [0.2, 0.25) is 0 Å². The topological polar surface area (TPSA) is 56.7 Å². The van der Waals surface area contributed by atoms with Crippen molar-refractivity contribution in [3.05, 3.63) is 9.39 Å². The van der Waals surface area contributed by atoms with Gasteiger partial charge in [0.15, 0.2) is 0 Å². The smallest absolute Gasteiger partial charge is 0.124 e. The maximum Gasteiger partial charge on any atom is 0.124 e. The molecule has 0 bridgehead atoms. The van der Waals surface area contributed by atoms with E-state index < -0.39 is 0 Å². The highest BCUT2D eigenvalue weighted by Crippen LogP contribution is 2.43. The summed E-state index contributed by atoms with van der Waals surface area (Å²) < 4.78 is 3.19. The van der Waals surface area contributed by atoms with Crippen molar-refractivity contribution in [3.63, 3.8) is 0 Å². The molecule has 4 nitrogen and oxygen atoms in total. The highest BCUT2D eigenvalue weighted by molar-refractivity contribution is 14.1. The van der Waals surface area contributed by atoms with Crippen LogP contribution in [0.5, 0.6) is 0 Å². The average Bonchev–Trinajstić information content (AvgIpc) is 2.56. The van der Waals surface area contributed by atoms with Crippen LogP contribution in [-0.4, -0.2) is 15.0 Å². The standard InChI is InChI=1S/C12H21IN4/c1-8-4-9(6-12(2,3)5-8)17-11(13)10(7-14)15-16-17/h8-9H,4-7,14H2,1-3H3. The molecule has 0 saturated heterocycles. The number of nitrogens with zero attached hydrogens (tertiary/aromatic N) is 3. The van der Waals surface area contributed by atoms with Crippen molar-refractivity contribution in [2.45, 2.75) is 52.6 Å². The maximum atomic E-state index is 5.65. The van der Waals surface area contributed by atoms with Gasteiger partial charge in [0.25, 0.3) is 0 Å². The first kappa shape index (κ1) is 13.3. The highest BCUT2D eigenvalue weighted by atomic mass is 127. The summed E-state index contributed by atoms with van der Waals surface area (Å²) in [4.78, 5) is 0. The molecule has 2 unspecified atom stereocenters. The van der Waals surface area contributed by atoms with E-state index in [4.69, 9.17) is 5.73 Å². The van der Waals surface area contributed by atoms with Crippen LogP contribution in [0, 0.1) is 15.0 Å². The number of aromatic nitrogens is 3. The van der Waals surface area contributed by atoms with E-state index >= 15 is 0 Å². The van der Waals surface area contributed by atoms with Gasteiger partial charge in [-0.1, -0.05) is 26.0 Å². The average molecular weight is 348 g/mol. The van der Waals surface area contributed by atoms with Crippen molar-refractivity contribution in [1.29, 1.82) is 0 Å². The number of hydrogen-bond acceptors (Lipinski definition) is 3. The molecule has 1 saturated carbocycles. The molecular weight excluding hydrogens is 327 g/mol. The van der Waals surface area contributed by atoms with E-state index in [1.54, 1.807) is 0 Å². The van der Waals surface area contributed by atoms with Crippen molar-refractivity contribution in [2.24, 2.45) is 17.1 Å². The Morgan fingerprint density at radius 1 is 1.47 bits per heavy atom. The van der Waals surface area contributed by atoms with Gasteiger partial charge in [0, 0.05) is 6.54 Å². The van der Waals surface area contributed by atoms with E-state index in [-0.39, 0.29) is 0 Å². The van der Waals surface area contributed by atoms with Crippen LogP contribution >= 0.6 is 22.6 Å². The first-order valence-electron chi connectivity index (χ1n) is 6.22. The van der Waals surface area contributed by atoms with Crippen LogP contribution in [0.3, 0.4) is 0 Å². The zero-order valence-electron chi connectivity index (χ0n) is 10.8. The Hall–Kier alpha value is -0.170. The molecule has 96 valence electrons. The lowest BCUT2D eigenvalue weighted by Gasteiger charge is -2.39. The van der Waals surface area contributed by atoms with Gasteiger partial charge in [0.1, 0.15) is 9.39 Å². The van der Waals surface area contributed by atoms with Gasteiger partial charge in [0.05, 0.1) is 6.04 Å². The fraction of sp³-hybridized carbons (Fsp3) is 0.833. The van der Waals surface area contributed by atoms with Gasteiger partial charge in [-0.3, -0.25) is 0 Å². The summed E-state index contributed by atoms with van der Waals surface area (Å²) >= 11 is 2.32. The third-order valence-corrected chi connectivity index (χ3v) is 4.72. The van der Waals surface area contributed by atoms with E-state index in [1.807, 2.05) is 0 Å². The summed E-state index contributed by atoms with van der Waals surface area (Å²) in [5.41, 5.74) is 6.97. The second-order valence-corrected chi connectivity index (χ2v) is 7.06. The molecule has 0 amide bonds. The number of rotatable bonds is 2. The zero-order valence-corrected chi connectivity index (χ0v) is 12.9. The molecule has 17 heavy (non-hydrogen) atoms. The van der Waals surface area contributed by atoms with Gasteiger partial charge >= 0.3 is 0 Å². The Morgan fingerprint density at radius 3 is 2.71 bits per heavy atom. The summed E-state index contributed by atoms with van der Waals surface area (Å²) in [5, 5.41) is 8.45. The molecule has 2 rings (SSSR count). The molecule has 0 aliphatic heterocycles. The van der Waals surface area contributed by atoms with Crippen molar-refractivity contribution in [1.82, 2.24) is 15.0 Å². The Bertz CT molecular complexity index is 399. The van der Waals surface area contributed by atoms with Crippen molar-refractivity contribution >= 4 is 22.6 Å². The first-order chi connectivity index (χ1) is 7.93. The third kappa shape index (κ3) is 2.81. The van der Waals surface area contributed by atoms with Gasteiger partial charge in [-0.15, -0.1) is 5.10 Å². The lowest BCUT2D eigenvalue weighted by atomic mass is 9.71. The monoisotopic (exact) mass is 348 g/mol. The van der Waals surface area contributed by atoms with Gasteiger partial charge in [-0.05, 0) is 53.2 Å². The van der Waals surface area contributed by atoms with Crippen LogP contribution in [0.15, 0.2) is 0 Å². The minimum atomic E-state index is 0.403. The number of nitrogens with two attached hydrogens (primary N) is 1. The van der Waals surface area contributed by atoms with Crippen LogP contribution < -0.4 is 5.73 Å². The lowest BCUT2D eigenvalue weighted by Crippen LogP contribution is -2.30. The van der Waals surface area contributed by atoms with Crippen molar-refractivity contribution in [2.75, 3.05) is 0 Å². The fourth-order valence-electron chi connectivity index (χ4n) is 3.16. The lowest BCUT2D eigenvalue weighted by molar-refractivity contribution is 0.127. The van der Waals surface area contributed by atoms with Crippen LogP contribution in [-0.2, 0) is 6.54 Å². The summed E-state index contributed by atoms with van der Waals surface area (Å²) in [7, 11) is 0. The molecule has 0 spiro atoms. The second kappa shape index (κ2) is 4.84. The number of halogens is 1. The number of hydrogen-bond donors (Lipinski definition) is 1. The molecule has 1 aromatic rings. The van der Waals surface area contributed by atoms with Gasteiger partial charge < -0.3 is 5.73 Å². The fourth-order valence-corrected chi connectivity index (χ4v) is 3.97. The molecule has 5 heteroatoms. The first-order valence-corrected chi connectivity index (χ1v) is 7.30. The van der Waals surface area contributed by atoms with Crippen LogP contribution in [0.1, 0.15) is 51.8 Å². The minimum Gasteiger partial charge on any atom is -0.325 e. The van der Waals surface area contributed by atoms with Crippen molar-refractivity contribution < 1.29 is 0 Å². The summed E-state index contributed by atoms with van der Waals surface area (Å²) in [5.74, 6) is 0.755. The molecule has 0 aromatic carbocycles. The van der Waals surface area contributed by atoms with Gasteiger partial charge in [0.2, 0.25) is 0 Å². The molecule has 1 aliphatic rings. The highest BCUT2D eigenvalue weighted by Gasteiger charge is 2.34. The quantitative estimate of drug-likeness (QED) is 0.836. The Kier molecular flexibility index (Phi) is 3.77. The maximum absolute atomic E-state index is 5.65. The Balaban J connectivity index is 2.24. The predicted molar refractivity (Wildman–Crippen MR) is 76.5 cm³/mol.